The summed E-state index contributed by atoms with van der Waals surface area (Å²) in [4.78, 5) is 24.2. The van der Waals surface area contributed by atoms with Crippen LogP contribution in [0.5, 0.6) is 11.5 Å². The molecule has 0 aliphatic rings. The first-order chi connectivity index (χ1) is 13.0. The molecule has 6 nitrogen and oxygen atoms in total. The van der Waals surface area contributed by atoms with Gasteiger partial charge in [0.05, 0.1) is 19.4 Å². The number of carbonyl (C=O) groups excluding carboxylic acids is 2. The summed E-state index contributed by atoms with van der Waals surface area (Å²) >= 11 is 0. The quantitative estimate of drug-likeness (QED) is 0.531. The van der Waals surface area contributed by atoms with Crippen molar-refractivity contribution in [3.05, 3.63) is 54.1 Å². The lowest BCUT2D eigenvalue weighted by atomic mass is 10.2. The van der Waals surface area contributed by atoms with Crippen LogP contribution < -0.4 is 14.8 Å². The third kappa shape index (κ3) is 6.02. The first kappa shape index (κ1) is 20.3. The fourth-order valence-corrected chi connectivity index (χ4v) is 2.31. The lowest BCUT2D eigenvalue weighted by Gasteiger charge is -2.14. The molecule has 0 fully saturated rings. The highest BCUT2D eigenvalue weighted by Crippen LogP contribution is 2.24. The van der Waals surface area contributed by atoms with Gasteiger partial charge in [-0.3, -0.25) is 4.79 Å². The van der Waals surface area contributed by atoms with Gasteiger partial charge in [0.25, 0.3) is 5.91 Å². The molecule has 2 aromatic rings. The van der Waals surface area contributed by atoms with Crippen molar-refractivity contribution in [1.29, 1.82) is 0 Å². The molecule has 6 heteroatoms. The van der Waals surface area contributed by atoms with Crippen LogP contribution in [0, 0.1) is 0 Å². The number of esters is 1. The Morgan fingerprint density at radius 1 is 1.07 bits per heavy atom. The molecule has 0 aliphatic heterocycles. The van der Waals surface area contributed by atoms with Crippen molar-refractivity contribution in [2.75, 3.05) is 19.0 Å². The van der Waals surface area contributed by atoms with Crippen molar-refractivity contribution in [2.24, 2.45) is 0 Å². The summed E-state index contributed by atoms with van der Waals surface area (Å²) in [5.41, 5.74) is 1.06. The minimum Gasteiger partial charge on any atom is -0.495 e. The van der Waals surface area contributed by atoms with E-state index in [2.05, 4.69) is 5.32 Å². The van der Waals surface area contributed by atoms with Gasteiger partial charge in [-0.1, -0.05) is 25.5 Å². The van der Waals surface area contributed by atoms with Crippen LogP contribution in [0.2, 0.25) is 0 Å². The molecule has 0 aromatic heterocycles. The third-order valence-electron chi connectivity index (χ3n) is 3.86. The highest BCUT2D eigenvalue weighted by molar-refractivity contribution is 6.05. The molecule has 0 radical (unpaired) electrons. The monoisotopic (exact) mass is 371 g/mol. The van der Waals surface area contributed by atoms with Crippen molar-refractivity contribution in [2.45, 2.75) is 32.8 Å². The van der Waals surface area contributed by atoms with E-state index in [1.165, 1.54) is 0 Å². The average Bonchev–Trinajstić information content (AvgIpc) is 2.69. The summed E-state index contributed by atoms with van der Waals surface area (Å²) in [6, 6.07) is 13.7. The molecule has 27 heavy (non-hydrogen) atoms. The molecule has 1 atom stereocenters. The van der Waals surface area contributed by atoms with Crippen LogP contribution in [-0.4, -0.2) is 31.7 Å². The molecule has 1 N–H and O–H groups in total. The number of hydrogen-bond acceptors (Lipinski definition) is 5. The largest absolute Gasteiger partial charge is 0.495 e. The van der Waals surface area contributed by atoms with Crippen LogP contribution in [0.15, 0.2) is 48.5 Å². The van der Waals surface area contributed by atoms with Crippen LogP contribution in [0.1, 0.15) is 37.0 Å². The standard InChI is InChI=1S/C21H25NO5/c1-4-5-14-26-21(24)15(2)27-17-12-10-16(11-13-17)20(23)22-18-8-6-7-9-19(18)25-3/h6-13,15H,4-5,14H2,1-3H3,(H,22,23)/t15-/m1/s1. The molecule has 0 saturated carbocycles. The number of anilines is 1. The van der Waals surface area contributed by atoms with E-state index in [9.17, 15) is 9.59 Å². The first-order valence-electron chi connectivity index (χ1n) is 8.93. The zero-order valence-electron chi connectivity index (χ0n) is 15.9. The third-order valence-corrected chi connectivity index (χ3v) is 3.86. The zero-order valence-corrected chi connectivity index (χ0v) is 15.9. The van der Waals surface area contributed by atoms with Gasteiger partial charge in [0.2, 0.25) is 0 Å². The summed E-state index contributed by atoms with van der Waals surface area (Å²) in [5, 5.41) is 2.81. The molecule has 0 spiro atoms. The molecule has 0 saturated heterocycles. The van der Waals surface area contributed by atoms with Crippen molar-refractivity contribution < 1.29 is 23.8 Å². The number of ether oxygens (including phenoxy) is 3. The van der Waals surface area contributed by atoms with Gasteiger partial charge in [0, 0.05) is 5.56 Å². The van der Waals surface area contributed by atoms with Crippen LogP contribution in [0.4, 0.5) is 5.69 Å². The Labute approximate surface area is 159 Å². The van der Waals surface area contributed by atoms with Crippen LogP contribution in [-0.2, 0) is 9.53 Å². The maximum Gasteiger partial charge on any atom is 0.347 e. The Morgan fingerprint density at radius 3 is 2.44 bits per heavy atom. The molecule has 2 aromatic carbocycles. The number of hydrogen-bond donors (Lipinski definition) is 1. The topological polar surface area (TPSA) is 73.9 Å². The molecule has 0 aliphatic carbocycles. The molecule has 2 rings (SSSR count). The first-order valence-corrected chi connectivity index (χ1v) is 8.93. The molecule has 0 unspecified atom stereocenters. The SMILES string of the molecule is CCCCOC(=O)[C@@H](C)Oc1ccc(C(=O)Nc2ccccc2OC)cc1. The second kappa shape index (κ2) is 10.2. The Balaban J connectivity index is 1.94. The number of unbranched alkanes of at least 4 members (excludes halogenated alkanes) is 1. The Bertz CT molecular complexity index is 757. The highest BCUT2D eigenvalue weighted by atomic mass is 16.6. The van der Waals surface area contributed by atoms with Gasteiger partial charge in [-0.05, 0) is 49.7 Å². The number of rotatable bonds is 9. The number of amides is 1. The molecular weight excluding hydrogens is 346 g/mol. The van der Waals surface area contributed by atoms with E-state index in [1.807, 2.05) is 19.1 Å². The Kier molecular flexibility index (Phi) is 7.67. The fourth-order valence-electron chi connectivity index (χ4n) is 2.31. The van der Waals surface area contributed by atoms with Crippen molar-refractivity contribution in [1.82, 2.24) is 0 Å². The lowest BCUT2D eigenvalue weighted by Crippen LogP contribution is -2.26. The van der Waals surface area contributed by atoms with Crippen LogP contribution >= 0.6 is 0 Å². The van der Waals surface area contributed by atoms with E-state index in [0.29, 0.717) is 29.4 Å². The number of nitrogens with one attached hydrogen (secondary N) is 1. The second-order valence-corrected chi connectivity index (χ2v) is 5.96. The van der Waals surface area contributed by atoms with Crippen molar-refractivity contribution in [3.63, 3.8) is 0 Å². The van der Waals surface area contributed by atoms with Gasteiger partial charge in [-0.15, -0.1) is 0 Å². The maximum absolute atomic E-state index is 12.4. The summed E-state index contributed by atoms with van der Waals surface area (Å²) in [6.07, 6.45) is 1.07. The van der Waals surface area contributed by atoms with Crippen LogP contribution in [0.3, 0.4) is 0 Å². The average molecular weight is 371 g/mol. The molecular formula is C21H25NO5. The summed E-state index contributed by atoms with van der Waals surface area (Å²) in [6.45, 7) is 4.06. The highest BCUT2D eigenvalue weighted by Gasteiger charge is 2.16. The molecule has 0 bridgehead atoms. The number of methoxy groups -OCH3 is 1. The molecule has 0 heterocycles. The van der Waals surface area contributed by atoms with Gasteiger partial charge < -0.3 is 19.5 Å². The minimum absolute atomic E-state index is 0.266. The normalized spacial score (nSPS) is 11.4. The van der Waals surface area contributed by atoms with Crippen molar-refractivity contribution >= 4 is 17.6 Å². The van der Waals surface area contributed by atoms with E-state index in [0.717, 1.165) is 12.8 Å². The summed E-state index contributed by atoms with van der Waals surface area (Å²) in [5.74, 6) is 0.407. The van der Waals surface area contributed by atoms with E-state index >= 15 is 0 Å². The predicted octanol–water partition coefficient (Wildman–Crippen LogP) is 4.06. The van der Waals surface area contributed by atoms with Crippen LogP contribution in [0.25, 0.3) is 0 Å². The fraction of sp³-hybridized carbons (Fsp3) is 0.333. The lowest BCUT2D eigenvalue weighted by molar-refractivity contribution is -0.151. The Morgan fingerprint density at radius 2 is 1.78 bits per heavy atom. The zero-order chi connectivity index (χ0) is 19.6. The predicted molar refractivity (Wildman–Crippen MR) is 103 cm³/mol. The second-order valence-electron chi connectivity index (χ2n) is 5.96. The smallest absolute Gasteiger partial charge is 0.347 e. The Hall–Kier alpha value is -3.02. The number of para-hydroxylation sites is 2. The summed E-state index contributed by atoms with van der Waals surface area (Å²) in [7, 11) is 1.55. The summed E-state index contributed by atoms with van der Waals surface area (Å²) < 4.78 is 15.9. The molecule has 1 amide bonds. The minimum atomic E-state index is -0.713. The van der Waals surface area contributed by atoms with E-state index in [4.69, 9.17) is 14.2 Å². The van der Waals surface area contributed by atoms with E-state index < -0.39 is 12.1 Å². The van der Waals surface area contributed by atoms with Gasteiger partial charge in [-0.2, -0.15) is 0 Å². The maximum atomic E-state index is 12.4. The van der Waals surface area contributed by atoms with Gasteiger partial charge in [0.15, 0.2) is 6.10 Å². The number of benzene rings is 2. The van der Waals surface area contributed by atoms with Gasteiger partial charge >= 0.3 is 5.97 Å². The van der Waals surface area contributed by atoms with Gasteiger partial charge in [-0.25, -0.2) is 4.79 Å². The van der Waals surface area contributed by atoms with E-state index in [-0.39, 0.29) is 5.91 Å². The molecule has 144 valence electrons. The van der Waals surface area contributed by atoms with Crippen molar-refractivity contribution in [3.8, 4) is 11.5 Å². The number of carbonyl (C=O) groups is 2. The van der Waals surface area contributed by atoms with Gasteiger partial charge in [0.1, 0.15) is 11.5 Å². The van der Waals surface area contributed by atoms with E-state index in [1.54, 1.807) is 50.4 Å².